The van der Waals surface area contributed by atoms with Gasteiger partial charge in [-0.15, -0.1) is 0 Å². The van der Waals surface area contributed by atoms with E-state index in [2.05, 4.69) is 18.5 Å². The molecule has 0 saturated carbocycles. The summed E-state index contributed by atoms with van der Waals surface area (Å²) >= 11 is 0. The fourth-order valence-corrected chi connectivity index (χ4v) is 1.68. The molecule has 0 aromatic carbocycles. The normalized spacial score (nSPS) is 21.7. The quantitative estimate of drug-likeness (QED) is 0.776. The fraction of sp³-hybridized carbons (Fsp3) is 0.455. The molecule has 1 aliphatic heterocycles. The van der Waals surface area contributed by atoms with Gasteiger partial charge < -0.3 is 10.1 Å². The summed E-state index contributed by atoms with van der Waals surface area (Å²) in [6.07, 6.45) is -0.142. The Hall–Kier alpha value is -1.00. The lowest BCUT2D eigenvalue weighted by molar-refractivity contribution is 0.0681. The monoisotopic (exact) mass is 215 g/mol. The third kappa shape index (κ3) is 2.73. The van der Waals surface area contributed by atoms with Crippen molar-refractivity contribution in [1.29, 1.82) is 0 Å². The first-order chi connectivity index (χ1) is 7.07. The van der Waals surface area contributed by atoms with E-state index in [1.807, 2.05) is 0 Å². The zero-order chi connectivity index (χ0) is 11.4. The van der Waals surface area contributed by atoms with Gasteiger partial charge in [0, 0.05) is 12.1 Å². The summed E-state index contributed by atoms with van der Waals surface area (Å²) in [6.45, 7) is 7.20. The van der Waals surface area contributed by atoms with Gasteiger partial charge in [-0.05, 0) is 19.0 Å². The van der Waals surface area contributed by atoms with Gasteiger partial charge in [0.15, 0.2) is 0 Å². The largest absolute Gasteiger partial charge is 0.372 e. The second-order valence-electron chi connectivity index (χ2n) is 3.37. The van der Waals surface area contributed by atoms with Crippen LogP contribution < -0.4 is 5.32 Å². The highest BCUT2D eigenvalue weighted by atomic mass is 19.1. The number of likely N-dealkylation sites (N-methyl/N-ethyl adjacent to an activating group) is 1. The number of hydrogen-bond donors (Lipinski definition) is 1. The van der Waals surface area contributed by atoms with Gasteiger partial charge in [-0.3, -0.25) is 0 Å². The van der Waals surface area contributed by atoms with Crippen LogP contribution in [0.2, 0.25) is 0 Å². The van der Waals surface area contributed by atoms with Crippen LogP contribution in [-0.4, -0.2) is 26.3 Å². The molecule has 0 saturated heterocycles. The molecule has 1 aliphatic rings. The molecular weight excluding hydrogens is 200 g/mol. The van der Waals surface area contributed by atoms with Gasteiger partial charge in [0.25, 0.3) is 0 Å². The van der Waals surface area contributed by atoms with Crippen LogP contribution in [-0.2, 0) is 4.74 Å². The minimum absolute atomic E-state index is 0.197. The van der Waals surface area contributed by atoms with Crippen LogP contribution in [0.3, 0.4) is 0 Å². The van der Waals surface area contributed by atoms with Crippen molar-refractivity contribution in [3.8, 4) is 0 Å². The van der Waals surface area contributed by atoms with Crippen LogP contribution >= 0.6 is 0 Å². The van der Waals surface area contributed by atoms with E-state index < -0.39 is 17.8 Å². The maximum Gasteiger partial charge on any atom is 0.122 e. The van der Waals surface area contributed by atoms with Gasteiger partial charge in [0.05, 0.1) is 12.7 Å². The zero-order valence-electron chi connectivity index (χ0n) is 8.78. The Labute approximate surface area is 88.3 Å². The fourth-order valence-electron chi connectivity index (χ4n) is 1.68. The van der Waals surface area contributed by atoms with Gasteiger partial charge in [-0.25, -0.2) is 8.78 Å². The Kier molecular flexibility index (Phi) is 4.17. The van der Waals surface area contributed by atoms with Crippen molar-refractivity contribution in [1.82, 2.24) is 5.32 Å². The molecule has 1 N–H and O–H groups in total. The van der Waals surface area contributed by atoms with Crippen molar-refractivity contribution in [3.63, 3.8) is 0 Å². The maximum absolute atomic E-state index is 13.2. The molecule has 1 atom stereocenters. The number of rotatable bonds is 4. The number of ether oxygens (including phenoxy) is 1. The molecule has 0 fully saturated rings. The van der Waals surface area contributed by atoms with Crippen molar-refractivity contribution in [2.45, 2.75) is 12.5 Å². The molecular formula is C11H15F2NO. The van der Waals surface area contributed by atoms with Crippen LogP contribution in [0.1, 0.15) is 6.42 Å². The molecule has 0 aromatic rings. The SMILES string of the molecule is C=C(F)C1=C(C(=C)F)[C@@H](CNC)OCC1. The smallest absolute Gasteiger partial charge is 0.122 e. The van der Waals surface area contributed by atoms with Crippen LogP contribution in [0.4, 0.5) is 8.78 Å². The molecule has 15 heavy (non-hydrogen) atoms. The van der Waals surface area contributed by atoms with E-state index in [0.29, 0.717) is 19.6 Å². The molecule has 1 rings (SSSR count). The van der Waals surface area contributed by atoms with Crippen LogP contribution in [0.15, 0.2) is 36.0 Å². The van der Waals surface area contributed by atoms with Crippen LogP contribution in [0.5, 0.6) is 0 Å². The molecule has 0 spiro atoms. The summed E-state index contributed by atoms with van der Waals surface area (Å²) in [5.74, 6) is -1.25. The van der Waals surface area contributed by atoms with Gasteiger partial charge in [-0.1, -0.05) is 13.2 Å². The summed E-state index contributed by atoms with van der Waals surface area (Å²) in [7, 11) is 1.72. The third-order valence-electron chi connectivity index (χ3n) is 2.33. The molecule has 0 unspecified atom stereocenters. The lowest BCUT2D eigenvalue weighted by atomic mass is 9.96. The van der Waals surface area contributed by atoms with E-state index in [-0.39, 0.29) is 11.1 Å². The third-order valence-corrected chi connectivity index (χ3v) is 2.33. The number of allylic oxidation sites excluding steroid dienone is 1. The summed E-state index contributed by atoms with van der Waals surface area (Å²) in [4.78, 5) is 0. The van der Waals surface area contributed by atoms with Crippen molar-refractivity contribution in [2.75, 3.05) is 20.2 Å². The summed E-state index contributed by atoms with van der Waals surface area (Å²) < 4.78 is 31.6. The molecule has 0 radical (unpaired) electrons. The van der Waals surface area contributed by atoms with E-state index in [4.69, 9.17) is 4.74 Å². The number of halogens is 2. The van der Waals surface area contributed by atoms with Gasteiger partial charge >= 0.3 is 0 Å². The second-order valence-corrected chi connectivity index (χ2v) is 3.37. The predicted octanol–water partition coefficient (Wildman–Crippen LogP) is 2.26. The molecule has 1 heterocycles. The van der Waals surface area contributed by atoms with Crippen molar-refractivity contribution >= 4 is 0 Å². The van der Waals surface area contributed by atoms with Gasteiger partial charge in [0.2, 0.25) is 0 Å². The average molecular weight is 215 g/mol. The van der Waals surface area contributed by atoms with E-state index in [1.165, 1.54) is 0 Å². The highest BCUT2D eigenvalue weighted by Gasteiger charge is 2.26. The first kappa shape index (κ1) is 12.1. The second kappa shape index (κ2) is 5.19. The standard InChI is InChI=1S/C11H15F2NO/c1-7(12)9-4-5-15-10(6-14-3)11(9)8(2)13/h10,14H,1-2,4-6H2,3H3/t10-/m1/s1. The van der Waals surface area contributed by atoms with Crippen molar-refractivity contribution in [3.05, 3.63) is 36.0 Å². The number of nitrogens with one attached hydrogen (secondary N) is 1. The highest BCUT2D eigenvalue weighted by molar-refractivity contribution is 5.41. The Balaban J connectivity index is 3.05. The minimum atomic E-state index is -0.649. The Morgan fingerprint density at radius 2 is 2.13 bits per heavy atom. The maximum atomic E-state index is 13.2. The van der Waals surface area contributed by atoms with E-state index in [0.717, 1.165) is 0 Å². The topological polar surface area (TPSA) is 21.3 Å². The summed E-state index contributed by atoms with van der Waals surface area (Å²) in [5.41, 5.74) is 0.483. The highest BCUT2D eigenvalue weighted by Crippen LogP contribution is 2.31. The minimum Gasteiger partial charge on any atom is -0.372 e. The van der Waals surface area contributed by atoms with Crippen LogP contribution in [0, 0.1) is 0 Å². The lowest BCUT2D eigenvalue weighted by Crippen LogP contribution is -2.33. The van der Waals surface area contributed by atoms with Crippen LogP contribution in [0.25, 0.3) is 0 Å². The first-order valence-electron chi connectivity index (χ1n) is 4.76. The average Bonchev–Trinajstić information content (AvgIpc) is 2.17. The molecule has 0 aliphatic carbocycles. The van der Waals surface area contributed by atoms with E-state index in [1.54, 1.807) is 7.05 Å². The van der Waals surface area contributed by atoms with E-state index in [9.17, 15) is 8.78 Å². The molecule has 2 nitrogen and oxygen atoms in total. The van der Waals surface area contributed by atoms with Gasteiger partial charge in [-0.2, -0.15) is 0 Å². The van der Waals surface area contributed by atoms with Crippen molar-refractivity contribution in [2.24, 2.45) is 0 Å². The first-order valence-corrected chi connectivity index (χ1v) is 4.76. The molecule has 84 valence electrons. The van der Waals surface area contributed by atoms with Crippen molar-refractivity contribution < 1.29 is 13.5 Å². The zero-order valence-corrected chi connectivity index (χ0v) is 8.78. The lowest BCUT2D eigenvalue weighted by Gasteiger charge is -2.27. The molecule has 4 heteroatoms. The summed E-state index contributed by atoms with van der Waals surface area (Å²) in [6, 6.07) is 0. The Morgan fingerprint density at radius 1 is 1.47 bits per heavy atom. The Morgan fingerprint density at radius 3 is 2.60 bits per heavy atom. The molecule has 0 aromatic heterocycles. The van der Waals surface area contributed by atoms with E-state index >= 15 is 0 Å². The molecule has 0 amide bonds. The number of hydrogen-bond acceptors (Lipinski definition) is 2. The Bertz CT molecular complexity index is 310. The predicted molar refractivity (Wildman–Crippen MR) is 55.8 cm³/mol. The van der Waals surface area contributed by atoms with Gasteiger partial charge in [0.1, 0.15) is 11.7 Å². The summed E-state index contributed by atoms with van der Waals surface area (Å²) in [5, 5.41) is 2.86. The molecule has 0 bridgehead atoms.